The number of hydrogen-bond acceptors (Lipinski definition) is 3. The predicted molar refractivity (Wildman–Crippen MR) is 70.0 cm³/mol. The number of aliphatic hydroxyl groups excluding tert-OH is 1. The maximum absolute atomic E-state index is 11.9. The van der Waals surface area contributed by atoms with Gasteiger partial charge in [-0.3, -0.25) is 4.79 Å². The standard InChI is InChI=1S/C14H20N2O2/c17-10-12-7-4-8-15-14(12)16-13(18)9-11-5-2-1-3-6-11/h4,7-8,11,17H,1-3,5-6,9-10H2,(H,15,16,18). The molecule has 1 amide bonds. The third-order valence-electron chi connectivity index (χ3n) is 3.52. The Morgan fingerprint density at radius 1 is 1.39 bits per heavy atom. The quantitative estimate of drug-likeness (QED) is 0.860. The first kappa shape index (κ1) is 13.0. The van der Waals surface area contributed by atoms with E-state index in [-0.39, 0.29) is 12.5 Å². The Morgan fingerprint density at radius 2 is 2.17 bits per heavy atom. The van der Waals surface area contributed by atoms with Crippen LogP contribution in [0.5, 0.6) is 0 Å². The maximum atomic E-state index is 11.9. The molecule has 1 aliphatic rings. The van der Waals surface area contributed by atoms with E-state index in [4.69, 9.17) is 5.11 Å². The summed E-state index contributed by atoms with van der Waals surface area (Å²) in [5.74, 6) is 1.01. The van der Waals surface area contributed by atoms with Crippen LogP contribution in [0.4, 0.5) is 5.82 Å². The van der Waals surface area contributed by atoms with Gasteiger partial charge in [0.25, 0.3) is 0 Å². The molecule has 4 nitrogen and oxygen atoms in total. The van der Waals surface area contributed by atoms with Crippen LogP contribution < -0.4 is 5.32 Å². The minimum Gasteiger partial charge on any atom is -0.392 e. The molecule has 1 fully saturated rings. The van der Waals surface area contributed by atoms with Gasteiger partial charge in [0.1, 0.15) is 5.82 Å². The van der Waals surface area contributed by atoms with Gasteiger partial charge in [0.15, 0.2) is 0 Å². The normalized spacial score (nSPS) is 16.5. The van der Waals surface area contributed by atoms with Crippen molar-refractivity contribution in [3.63, 3.8) is 0 Å². The zero-order valence-electron chi connectivity index (χ0n) is 10.6. The molecular formula is C14H20N2O2. The Balaban J connectivity index is 1.90. The number of anilines is 1. The second-order valence-corrected chi connectivity index (χ2v) is 4.93. The zero-order valence-corrected chi connectivity index (χ0v) is 10.6. The average molecular weight is 248 g/mol. The van der Waals surface area contributed by atoms with E-state index in [1.165, 1.54) is 19.3 Å². The van der Waals surface area contributed by atoms with Crippen molar-refractivity contribution >= 4 is 11.7 Å². The second-order valence-electron chi connectivity index (χ2n) is 4.93. The average Bonchev–Trinajstić information content (AvgIpc) is 2.40. The third kappa shape index (κ3) is 3.53. The molecule has 0 saturated heterocycles. The van der Waals surface area contributed by atoms with Crippen LogP contribution in [0.3, 0.4) is 0 Å². The SMILES string of the molecule is O=C(CC1CCCCC1)Nc1ncccc1CO. The van der Waals surface area contributed by atoms with E-state index in [1.54, 1.807) is 18.3 Å². The lowest BCUT2D eigenvalue weighted by Gasteiger charge is -2.20. The maximum Gasteiger partial charge on any atom is 0.225 e. The van der Waals surface area contributed by atoms with Crippen LogP contribution in [0.2, 0.25) is 0 Å². The highest BCUT2D eigenvalue weighted by Gasteiger charge is 2.17. The fourth-order valence-corrected chi connectivity index (χ4v) is 2.52. The Labute approximate surface area is 107 Å². The van der Waals surface area contributed by atoms with Gasteiger partial charge in [-0.1, -0.05) is 25.3 Å². The van der Waals surface area contributed by atoms with Gasteiger partial charge >= 0.3 is 0 Å². The Hall–Kier alpha value is -1.42. The van der Waals surface area contributed by atoms with Crippen molar-refractivity contribution in [2.24, 2.45) is 5.92 Å². The number of amides is 1. The molecular weight excluding hydrogens is 228 g/mol. The molecule has 1 aliphatic carbocycles. The third-order valence-corrected chi connectivity index (χ3v) is 3.52. The zero-order chi connectivity index (χ0) is 12.8. The van der Waals surface area contributed by atoms with Crippen molar-refractivity contribution < 1.29 is 9.90 Å². The van der Waals surface area contributed by atoms with Crippen molar-refractivity contribution in [3.8, 4) is 0 Å². The molecule has 0 atom stereocenters. The molecule has 1 aromatic rings. The number of carbonyl (C=O) groups is 1. The number of nitrogens with zero attached hydrogens (tertiary/aromatic N) is 1. The predicted octanol–water partition coefficient (Wildman–Crippen LogP) is 2.48. The van der Waals surface area contributed by atoms with Crippen LogP contribution in [0.15, 0.2) is 18.3 Å². The lowest BCUT2D eigenvalue weighted by molar-refractivity contribution is -0.117. The molecule has 0 radical (unpaired) electrons. The molecule has 1 heterocycles. The molecule has 0 bridgehead atoms. The van der Waals surface area contributed by atoms with Gasteiger partial charge in [0, 0.05) is 18.2 Å². The van der Waals surface area contributed by atoms with Gasteiger partial charge in [0.2, 0.25) is 5.91 Å². The highest BCUT2D eigenvalue weighted by atomic mass is 16.3. The Bertz CT molecular complexity index is 401. The number of carbonyl (C=O) groups excluding carboxylic acids is 1. The van der Waals surface area contributed by atoms with Crippen LogP contribution in [0.25, 0.3) is 0 Å². The van der Waals surface area contributed by atoms with Crippen molar-refractivity contribution in [2.75, 3.05) is 5.32 Å². The van der Waals surface area contributed by atoms with Gasteiger partial charge in [-0.2, -0.15) is 0 Å². The van der Waals surface area contributed by atoms with Gasteiger partial charge in [-0.25, -0.2) is 4.98 Å². The lowest BCUT2D eigenvalue weighted by Crippen LogP contribution is -2.19. The first-order valence-electron chi connectivity index (χ1n) is 6.64. The van der Waals surface area contributed by atoms with Gasteiger partial charge in [0.05, 0.1) is 6.61 Å². The highest BCUT2D eigenvalue weighted by Crippen LogP contribution is 2.26. The summed E-state index contributed by atoms with van der Waals surface area (Å²) in [6, 6.07) is 3.52. The van der Waals surface area contributed by atoms with Crippen molar-refractivity contribution in [1.29, 1.82) is 0 Å². The van der Waals surface area contributed by atoms with Crippen LogP contribution in [-0.2, 0) is 11.4 Å². The van der Waals surface area contributed by atoms with Crippen LogP contribution in [0, 0.1) is 5.92 Å². The Morgan fingerprint density at radius 3 is 2.89 bits per heavy atom. The number of aromatic nitrogens is 1. The summed E-state index contributed by atoms with van der Waals surface area (Å²) in [7, 11) is 0. The highest BCUT2D eigenvalue weighted by molar-refractivity contribution is 5.90. The van der Waals surface area contributed by atoms with E-state index >= 15 is 0 Å². The van der Waals surface area contributed by atoms with Gasteiger partial charge in [-0.05, 0) is 24.8 Å². The minimum absolute atomic E-state index is 0.00954. The minimum atomic E-state index is -0.104. The number of pyridine rings is 1. The van der Waals surface area contributed by atoms with Crippen molar-refractivity contribution in [2.45, 2.75) is 45.1 Å². The molecule has 0 aliphatic heterocycles. The van der Waals surface area contributed by atoms with Crippen LogP contribution >= 0.6 is 0 Å². The summed E-state index contributed by atoms with van der Waals surface area (Å²) in [4.78, 5) is 16.0. The molecule has 0 unspecified atom stereocenters. The molecule has 4 heteroatoms. The van der Waals surface area contributed by atoms with Crippen LogP contribution in [0.1, 0.15) is 44.1 Å². The molecule has 18 heavy (non-hydrogen) atoms. The number of aliphatic hydroxyl groups is 1. The van der Waals surface area contributed by atoms with Gasteiger partial charge < -0.3 is 10.4 Å². The van der Waals surface area contributed by atoms with Crippen molar-refractivity contribution in [3.05, 3.63) is 23.9 Å². The smallest absolute Gasteiger partial charge is 0.225 e. The van der Waals surface area contributed by atoms with Crippen molar-refractivity contribution in [1.82, 2.24) is 4.98 Å². The topological polar surface area (TPSA) is 62.2 Å². The molecule has 1 aromatic heterocycles. The monoisotopic (exact) mass is 248 g/mol. The van der Waals surface area contributed by atoms with Crippen LogP contribution in [-0.4, -0.2) is 16.0 Å². The van der Waals surface area contributed by atoms with E-state index in [0.717, 1.165) is 12.8 Å². The largest absolute Gasteiger partial charge is 0.392 e. The fraction of sp³-hybridized carbons (Fsp3) is 0.571. The number of nitrogens with one attached hydrogen (secondary N) is 1. The summed E-state index contributed by atoms with van der Waals surface area (Å²) in [6.45, 7) is -0.104. The lowest BCUT2D eigenvalue weighted by atomic mass is 9.87. The molecule has 2 N–H and O–H groups in total. The summed E-state index contributed by atoms with van der Waals surface area (Å²) in [5.41, 5.74) is 0.662. The molecule has 98 valence electrons. The number of rotatable bonds is 4. The summed E-state index contributed by atoms with van der Waals surface area (Å²) in [5, 5.41) is 12.0. The molecule has 0 aromatic carbocycles. The van der Waals surface area contributed by atoms with E-state index in [9.17, 15) is 4.79 Å². The summed E-state index contributed by atoms with van der Waals surface area (Å²) in [6.07, 6.45) is 8.28. The Kier molecular flexibility index (Phi) is 4.70. The van der Waals surface area contributed by atoms with E-state index < -0.39 is 0 Å². The molecule has 1 saturated carbocycles. The van der Waals surface area contributed by atoms with E-state index in [0.29, 0.717) is 23.7 Å². The number of hydrogen-bond donors (Lipinski definition) is 2. The molecule has 2 rings (SSSR count). The van der Waals surface area contributed by atoms with E-state index in [1.807, 2.05) is 0 Å². The molecule has 0 spiro atoms. The fourth-order valence-electron chi connectivity index (χ4n) is 2.52. The summed E-state index contributed by atoms with van der Waals surface area (Å²) < 4.78 is 0. The first-order chi connectivity index (χ1) is 8.79. The summed E-state index contributed by atoms with van der Waals surface area (Å²) >= 11 is 0. The second kappa shape index (κ2) is 6.50. The van der Waals surface area contributed by atoms with Gasteiger partial charge in [-0.15, -0.1) is 0 Å². The van der Waals surface area contributed by atoms with E-state index in [2.05, 4.69) is 10.3 Å². The first-order valence-corrected chi connectivity index (χ1v) is 6.64.